The van der Waals surface area contributed by atoms with Gasteiger partial charge in [-0.2, -0.15) is 0 Å². The Bertz CT molecular complexity index is 236. The van der Waals surface area contributed by atoms with Gasteiger partial charge in [-0.05, 0) is 19.3 Å². The molecule has 0 saturated heterocycles. The lowest BCUT2D eigenvalue weighted by Crippen LogP contribution is -2.05. The van der Waals surface area contributed by atoms with Gasteiger partial charge in [0.05, 0.1) is 6.10 Å². The van der Waals surface area contributed by atoms with Crippen molar-refractivity contribution in [2.45, 2.75) is 83.7 Å². The van der Waals surface area contributed by atoms with E-state index in [9.17, 15) is 9.90 Å². The van der Waals surface area contributed by atoms with Gasteiger partial charge in [0.2, 0.25) is 0 Å². The predicted octanol–water partition coefficient (Wildman–Crippen LogP) is 4.30. The molecule has 0 spiro atoms. The zero-order valence-electron chi connectivity index (χ0n) is 12.3. The number of hydrogen-bond donors (Lipinski definition) is 2. The number of carboxylic acids is 1. The Kier molecular flexibility index (Phi) is 13.0. The van der Waals surface area contributed by atoms with E-state index < -0.39 is 5.97 Å². The second kappa shape index (κ2) is 13.6. The van der Waals surface area contributed by atoms with Crippen LogP contribution in [0.5, 0.6) is 0 Å². The van der Waals surface area contributed by atoms with Crippen LogP contribution in [0.2, 0.25) is 0 Å². The Morgan fingerprint density at radius 2 is 1.58 bits per heavy atom. The van der Waals surface area contributed by atoms with E-state index in [-0.39, 0.29) is 6.10 Å². The average molecular weight is 270 g/mol. The highest BCUT2D eigenvalue weighted by atomic mass is 16.4. The van der Waals surface area contributed by atoms with Gasteiger partial charge in [-0.15, -0.1) is 0 Å². The lowest BCUT2D eigenvalue weighted by atomic mass is 10.0. The van der Waals surface area contributed by atoms with Gasteiger partial charge in [-0.3, -0.25) is 0 Å². The minimum Gasteiger partial charge on any atom is -0.478 e. The zero-order chi connectivity index (χ0) is 14.3. The Morgan fingerprint density at radius 1 is 1.00 bits per heavy atom. The molecule has 19 heavy (non-hydrogen) atoms. The number of hydrogen-bond acceptors (Lipinski definition) is 2. The van der Waals surface area contributed by atoms with Crippen LogP contribution >= 0.6 is 0 Å². The van der Waals surface area contributed by atoms with Gasteiger partial charge in [0.25, 0.3) is 0 Å². The molecule has 0 radical (unpaired) electrons. The molecular weight excluding hydrogens is 240 g/mol. The van der Waals surface area contributed by atoms with Crippen LogP contribution < -0.4 is 0 Å². The molecular formula is C16H30O3. The first-order valence-electron chi connectivity index (χ1n) is 7.74. The summed E-state index contributed by atoms with van der Waals surface area (Å²) in [7, 11) is 0. The topological polar surface area (TPSA) is 57.5 Å². The van der Waals surface area contributed by atoms with Crippen molar-refractivity contribution < 1.29 is 15.0 Å². The third-order valence-corrected chi connectivity index (χ3v) is 3.32. The van der Waals surface area contributed by atoms with Crippen molar-refractivity contribution in [1.29, 1.82) is 0 Å². The number of unbranched alkanes of at least 4 members (excludes halogenated alkanes) is 7. The smallest absolute Gasteiger partial charge is 0.327 e. The highest BCUT2D eigenvalue weighted by Gasteiger charge is 2.02. The van der Waals surface area contributed by atoms with E-state index in [1.165, 1.54) is 44.9 Å². The molecule has 1 unspecified atom stereocenters. The van der Waals surface area contributed by atoms with Crippen molar-refractivity contribution in [1.82, 2.24) is 0 Å². The SMILES string of the molecule is CCCCCCCCCCC(O)CCC=CC(=O)O. The van der Waals surface area contributed by atoms with Crippen LogP contribution in [0.25, 0.3) is 0 Å². The van der Waals surface area contributed by atoms with Crippen LogP contribution in [-0.4, -0.2) is 22.3 Å². The van der Waals surface area contributed by atoms with E-state index >= 15 is 0 Å². The molecule has 0 amide bonds. The molecule has 112 valence electrons. The van der Waals surface area contributed by atoms with Crippen molar-refractivity contribution in [3.8, 4) is 0 Å². The van der Waals surface area contributed by atoms with Gasteiger partial charge >= 0.3 is 5.97 Å². The molecule has 0 heterocycles. The van der Waals surface area contributed by atoms with Gasteiger partial charge in [0, 0.05) is 6.08 Å². The van der Waals surface area contributed by atoms with Crippen LogP contribution in [-0.2, 0) is 4.79 Å². The maximum Gasteiger partial charge on any atom is 0.327 e. The number of allylic oxidation sites excluding steroid dienone is 1. The molecule has 0 aliphatic carbocycles. The fraction of sp³-hybridized carbons (Fsp3) is 0.812. The van der Waals surface area contributed by atoms with Crippen LogP contribution in [0.1, 0.15) is 77.6 Å². The Balaban J connectivity index is 3.24. The molecule has 3 heteroatoms. The molecule has 0 aromatic heterocycles. The third-order valence-electron chi connectivity index (χ3n) is 3.32. The quantitative estimate of drug-likeness (QED) is 0.387. The predicted molar refractivity (Wildman–Crippen MR) is 79.2 cm³/mol. The minimum absolute atomic E-state index is 0.279. The molecule has 0 aliphatic heterocycles. The first-order valence-corrected chi connectivity index (χ1v) is 7.74. The monoisotopic (exact) mass is 270 g/mol. The van der Waals surface area contributed by atoms with E-state index in [0.29, 0.717) is 12.8 Å². The van der Waals surface area contributed by atoms with Gasteiger partial charge in [0.1, 0.15) is 0 Å². The van der Waals surface area contributed by atoms with Crippen LogP contribution in [0.4, 0.5) is 0 Å². The van der Waals surface area contributed by atoms with Crippen LogP contribution in [0, 0.1) is 0 Å². The van der Waals surface area contributed by atoms with Crippen LogP contribution in [0.15, 0.2) is 12.2 Å². The van der Waals surface area contributed by atoms with E-state index in [2.05, 4.69) is 6.92 Å². The Labute approximate surface area is 117 Å². The molecule has 2 N–H and O–H groups in total. The molecule has 1 atom stereocenters. The summed E-state index contributed by atoms with van der Waals surface area (Å²) in [5.74, 6) is -0.919. The number of carboxylic acid groups (broad SMARTS) is 1. The Morgan fingerprint density at radius 3 is 2.16 bits per heavy atom. The molecule has 0 aromatic carbocycles. The van der Waals surface area contributed by atoms with Gasteiger partial charge in [-0.1, -0.05) is 64.4 Å². The fourth-order valence-electron chi connectivity index (χ4n) is 2.13. The van der Waals surface area contributed by atoms with E-state index in [4.69, 9.17) is 5.11 Å². The number of rotatable bonds is 13. The van der Waals surface area contributed by atoms with E-state index in [1.807, 2.05) is 0 Å². The highest BCUT2D eigenvalue weighted by Crippen LogP contribution is 2.12. The van der Waals surface area contributed by atoms with Gasteiger partial charge in [-0.25, -0.2) is 4.79 Å². The molecule has 3 nitrogen and oxygen atoms in total. The largest absolute Gasteiger partial charge is 0.478 e. The fourth-order valence-corrected chi connectivity index (χ4v) is 2.13. The molecule has 0 rings (SSSR count). The van der Waals surface area contributed by atoms with Crippen molar-refractivity contribution in [2.24, 2.45) is 0 Å². The van der Waals surface area contributed by atoms with Crippen molar-refractivity contribution in [3.05, 3.63) is 12.2 Å². The lowest BCUT2D eigenvalue weighted by Gasteiger charge is -2.08. The molecule has 0 fully saturated rings. The molecule has 0 bridgehead atoms. The summed E-state index contributed by atoms with van der Waals surface area (Å²) in [6, 6.07) is 0. The molecule has 0 saturated carbocycles. The summed E-state index contributed by atoms with van der Waals surface area (Å²) in [5.41, 5.74) is 0. The van der Waals surface area contributed by atoms with Gasteiger partial charge < -0.3 is 10.2 Å². The standard InChI is InChI=1S/C16H30O3/c1-2-3-4-5-6-7-8-9-12-15(17)13-10-11-14-16(18)19/h11,14-15,17H,2-10,12-13H2,1H3,(H,18,19). The molecule has 0 aliphatic rings. The van der Waals surface area contributed by atoms with E-state index in [0.717, 1.165) is 18.9 Å². The number of aliphatic hydroxyl groups is 1. The summed E-state index contributed by atoms with van der Waals surface area (Å²) in [6.45, 7) is 2.23. The number of aliphatic carboxylic acids is 1. The van der Waals surface area contributed by atoms with Crippen molar-refractivity contribution in [2.75, 3.05) is 0 Å². The average Bonchev–Trinajstić information content (AvgIpc) is 2.37. The van der Waals surface area contributed by atoms with Crippen LogP contribution in [0.3, 0.4) is 0 Å². The summed E-state index contributed by atoms with van der Waals surface area (Å²) in [6.07, 6.45) is 14.8. The first-order chi connectivity index (χ1) is 9.16. The first kappa shape index (κ1) is 18.2. The molecule has 0 aromatic rings. The number of carbonyl (C=O) groups is 1. The summed E-state index contributed by atoms with van der Waals surface area (Å²) < 4.78 is 0. The summed E-state index contributed by atoms with van der Waals surface area (Å²) >= 11 is 0. The zero-order valence-corrected chi connectivity index (χ0v) is 12.3. The van der Waals surface area contributed by atoms with Crippen molar-refractivity contribution in [3.63, 3.8) is 0 Å². The normalized spacial score (nSPS) is 12.9. The third kappa shape index (κ3) is 15.1. The second-order valence-corrected chi connectivity index (χ2v) is 5.24. The van der Waals surface area contributed by atoms with Crippen molar-refractivity contribution >= 4 is 5.97 Å². The Hall–Kier alpha value is -0.830. The minimum atomic E-state index is -0.919. The second-order valence-electron chi connectivity index (χ2n) is 5.24. The summed E-state index contributed by atoms with van der Waals surface area (Å²) in [4.78, 5) is 10.2. The highest BCUT2D eigenvalue weighted by molar-refractivity contribution is 5.79. The maximum absolute atomic E-state index is 10.2. The maximum atomic E-state index is 10.2. The summed E-state index contributed by atoms with van der Waals surface area (Å²) in [5, 5.41) is 18.1. The lowest BCUT2D eigenvalue weighted by molar-refractivity contribution is -0.131. The number of aliphatic hydroxyl groups excluding tert-OH is 1. The van der Waals surface area contributed by atoms with E-state index in [1.54, 1.807) is 6.08 Å². The van der Waals surface area contributed by atoms with Gasteiger partial charge in [0.15, 0.2) is 0 Å².